The summed E-state index contributed by atoms with van der Waals surface area (Å²) in [4.78, 5) is 10.2. The normalized spacial score (nSPS) is 10.8. The van der Waals surface area contributed by atoms with Crippen LogP contribution in [0.25, 0.3) is 10.9 Å². The van der Waals surface area contributed by atoms with Crippen LogP contribution in [-0.4, -0.2) is 14.7 Å². The summed E-state index contributed by atoms with van der Waals surface area (Å²) in [5.74, 6) is 0. The van der Waals surface area contributed by atoms with Crippen molar-refractivity contribution < 1.29 is 4.92 Å². The zero-order valence-corrected chi connectivity index (χ0v) is 9.56. The number of nitrogens with zero attached hydrogens (tertiary/aromatic N) is 3. The fourth-order valence-electron chi connectivity index (χ4n) is 1.39. The summed E-state index contributed by atoms with van der Waals surface area (Å²) < 4.78 is 2.40. The van der Waals surface area contributed by atoms with E-state index in [1.54, 1.807) is 10.9 Å². The van der Waals surface area contributed by atoms with Crippen LogP contribution in [0.4, 0.5) is 5.69 Å². The maximum atomic E-state index is 10.6. The fraction of sp³-hybridized carbons (Fsp3) is 0.222. The van der Waals surface area contributed by atoms with Gasteiger partial charge in [0.05, 0.1) is 9.40 Å². The summed E-state index contributed by atoms with van der Waals surface area (Å²) in [5, 5.41) is 15.7. The van der Waals surface area contributed by atoms with Crippen LogP contribution >= 0.6 is 15.9 Å². The smallest absolute Gasteiger partial charge is 0.271 e. The first-order chi connectivity index (χ1) is 7.11. The van der Waals surface area contributed by atoms with Crippen molar-refractivity contribution in [3.05, 3.63) is 32.9 Å². The molecule has 6 heteroatoms. The molecule has 0 spiro atoms. The molecule has 0 saturated carbocycles. The molecule has 0 unspecified atom stereocenters. The number of rotatable bonds is 2. The van der Waals surface area contributed by atoms with Crippen molar-refractivity contribution in [1.82, 2.24) is 9.78 Å². The Bertz CT molecular complexity index is 535. The highest BCUT2D eigenvalue weighted by molar-refractivity contribution is 9.10. The lowest BCUT2D eigenvalue weighted by molar-refractivity contribution is -0.384. The number of aryl methyl sites for hydroxylation is 1. The highest BCUT2D eigenvalue weighted by Gasteiger charge is 2.12. The maximum absolute atomic E-state index is 10.6. The molecule has 0 bridgehead atoms. The Labute approximate surface area is 94.0 Å². The van der Waals surface area contributed by atoms with E-state index in [0.717, 1.165) is 17.4 Å². The molecule has 78 valence electrons. The molecule has 2 aromatic rings. The minimum absolute atomic E-state index is 0.0741. The van der Waals surface area contributed by atoms with Gasteiger partial charge in [-0.1, -0.05) is 0 Å². The summed E-state index contributed by atoms with van der Waals surface area (Å²) in [6, 6.07) is 2.99. The number of halogens is 1. The average molecular weight is 270 g/mol. The van der Waals surface area contributed by atoms with Gasteiger partial charge in [-0.2, -0.15) is 5.10 Å². The van der Waals surface area contributed by atoms with Crippen molar-refractivity contribution in [2.24, 2.45) is 0 Å². The third-order valence-corrected chi connectivity index (χ3v) is 2.73. The van der Waals surface area contributed by atoms with E-state index in [0.29, 0.717) is 4.47 Å². The highest BCUT2D eigenvalue weighted by atomic mass is 79.9. The summed E-state index contributed by atoms with van der Waals surface area (Å²) in [6.45, 7) is 2.71. The molecular formula is C9H8BrN3O2. The second-order valence-electron chi connectivity index (χ2n) is 3.11. The molecule has 0 aliphatic carbocycles. The first-order valence-electron chi connectivity index (χ1n) is 4.43. The minimum atomic E-state index is -0.409. The van der Waals surface area contributed by atoms with Gasteiger partial charge in [-0.3, -0.25) is 14.8 Å². The Hall–Kier alpha value is -1.43. The number of hydrogen-bond donors (Lipinski definition) is 0. The van der Waals surface area contributed by atoms with Gasteiger partial charge >= 0.3 is 0 Å². The number of aromatic nitrogens is 2. The SMILES string of the molecule is CCn1cc2cc([N+](=O)[O-])cc(Br)c2n1. The van der Waals surface area contributed by atoms with Crippen molar-refractivity contribution in [1.29, 1.82) is 0 Å². The fourth-order valence-corrected chi connectivity index (χ4v) is 1.94. The van der Waals surface area contributed by atoms with E-state index < -0.39 is 4.92 Å². The first kappa shape index (κ1) is 10.1. The Morgan fingerprint density at radius 3 is 2.93 bits per heavy atom. The van der Waals surface area contributed by atoms with Crippen molar-refractivity contribution >= 4 is 32.5 Å². The van der Waals surface area contributed by atoms with E-state index in [-0.39, 0.29) is 5.69 Å². The van der Waals surface area contributed by atoms with E-state index in [1.165, 1.54) is 12.1 Å². The van der Waals surface area contributed by atoms with Crippen LogP contribution in [0.15, 0.2) is 22.8 Å². The lowest BCUT2D eigenvalue weighted by Gasteiger charge is -1.93. The van der Waals surface area contributed by atoms with Gasteiger partial charge in [-0.25, -0.2) is 0 Å². The van der Waals surface area contributed by atoms with Gasteiger partial charge in [-0.05, 0) is 22.9 Å². The van der Waals surface area contributed by atoms with Gasteiger partial charge in [0, 0.05) is 30.3 Å². The number of fused-ring (bicyclic) bond motifs is 1. The lowest BCUT2D eigenvalue weighted by Crippen LogP contribution is -1.92. The molecule has 0 fully saturated rings. The van der Waals surface area contributed by atoms with Gasteiger partial charge in [0.15, 0.2) is 0 Å². The Balaban J connectivity index is 2.70. The van der Waals surface area contributed by atoms with E-state index in [1.807, 2.05) is 6.92 Å². The summed E-state index contributed by atoms with van der Waals surface area (Å²) >= 11 is 3.28. The van der Waals surface area contributed by atoms with E-state index in [2.05, 4.69) is 21.0 Å². The summed E-state index contributed by atoms with van der Waals surface area (Å²) in [7, 11) is 0. The molecule has 1 heterocycles. The number of non-ortho nitro benzene ring substituents is 1. The van der Waals surface area contributed by atoms with Crippen LogP contribution in [0.1, 0.15) is 6.92 Å². The Kier molecular flexibility index (Phi) is 2.44. The number of nitro groups is 1. The van der Waals surface area contributed by atoms with Gasteiger partial charge in [0.1, 0.15) is 5.52 Å². The predicted octanol–water partition coefficient (Wildman–Crippen LogP) is 2.73. The van der Waals surface area contributed by atoms with Crippen LogP contribution in [0, 0.1) is 10.1 Å². The molecule has 0 saturated heterocycles. The number of hydrogen-bond acceptors (Lipinski definition) is 3. The Morgan fingerprint density at radius 2 is 2.33 bits per heavy atom. The van der Waals surface area contributed by atoms with Crippen LogP contribution in [0.2, 0.25) is 0 Å². The minimum Gasteiger partial charge on any atom is -0.272 e. The molecule has 0 N–H and O–H groups in total. The molecule has 1 aromatic carbocycles. The molecule has 15 heavy (non-hydrogen) atoms. The van der Waals surface area contributed by atoms with Crippen molar-refractivity contribution in [3.8, 4) is 0 Å². The number of nitro benzene ring substituents is 1. The van der Waals surface area contributed by atoms with Gasteiger partial charge in [0.25, 0.3) is 5.69 Å². The van der Waals surface area contributed by atoms with Gasteiger partial charge < -0.3 is 0 Å². The molecule has 0 amide bonds. The molecule has 0 atom stereocenters. The standard InChI is InChI=1S/C9H8BrN3O2/c1-2-12-5-6-3-7(13(14)15)4-8(10)9(6)11-12/h3-5H,2H2,1H3. The number of benzene rings is 1. The first-order valence-corrected chi connectivity index (χ1v) is 5.22. The molecule has 0 radical (unpaired) electrons. The van der Waals surface area contributed by atoms with Crippen LogP contribution in [-0.2, 0) is 6.54 Å². The molecular weight excluding hydrogens is 262 g/mol. The highest BCUT2D eigenvalue weighted by Crippen LogP contribution is 2.28. The van der Waals surface area contributed by atoms with Gasteiger partial charge in [0.2, 0.25) is 0 Å². The Morgan fingerprint density at radius 1 is 1.60 bits per heavy atom. The van der Waals surface area contributed by atoms with Gasteiger partial charge in [-0.15, -0.1) is 0 Å². The van der Waals surface area contributed by atoms with Crippen LogP contribution in [0.5, 0.6) is 0 Å². The predicted molar refractivity (Wildman–Crippen MR) is 59.8 cm³/mol. The van der Waals surface area contributed by atoms with E-state index >= 15 is 0 Å². The topological polar surface area (TPSA) is 61.0 Å². The monoisotopic (exact) mass is 269 g/mol. The van der Waals surface area contributed by atoms with Crippen molar-refractivity contribution in [3.63, 3.8) is 0 Å². The molecule has 1 aromatic heterocycles. The third-order valence-electron chi connectivity index (χ3n) is 2.13. The second-order valence-corrected chi connectivity index (χ2v) is 3.96. The average Bonchev–Trinajstić information content (AvgIpc) is 2.61. The zero-order chi connectivity index (χ0) is 11.0. The second kappa shape index (κ2) is 3.62. The largest absolute Gasteiger partial charge is 0.272 e. The quantitative estimate of drug-likeness (QED) is 0.622. The summed E-state index contributed by atoms with van der Waals surface area (Å²) in [6.07, 6.45) is 1.80. The van der Waals surface area contributed by atoms with E-state index in [9.17, 15) is 10.1 Å². The summed E-state index contributed by atoms with van der Waals surface area (Å²) in [5.41, 5.74) is 0.826. The van der Waals surface area contributed by atoms with Crippen LogP contribution < -0.4 is 0 Å². The van der Waals surface area contributed by atoms with Crippen molar-refractivity contribution in [2.75, 3.05) is 0 Å². The lowest BCUT2D eigenvalue weighted by atomic mass is 10.2. The molecule has 2 rings (SSSR count). The van der Waals surface area contributed by atoms with Crippen LogP contribution in [0.3, 0.4) is 0 Å². The molecule has 0 aliphatic heterocycles. The third kappa shape index (κ3) is 1.72. The van der Waals surface area contributed by atoms with E-state index in [4.69, 9.17) is 0 Å². The molecule has 0 aliphatic rings. The van der Waals surface area contributed by atoms with Crippen molar-refractivity contribution in [2.45, 2.75) is 13.5 Å². The zero-order valence-electron chi connectivity index (χ0n) is 7.98. The molecule has 5 nitrogen and oxygen atoms in total. The maximum Gasteiger partial charge on any atom is 0.271 e.